The van der Waals surface area contributed by atoms with Gasteiger partial charge in [0, 0.05) is 12.3 Å². The van der Waals surface area contributed by atoms with Crippen LogP contribution in [0.3, 0.4) is 0 Å². The van der Waals surface area contributed by atoms with Crippen LogP contribution in [0.5, 0.6) is 0 Å². The van der Waals surface area contributed by atoms with Gasteiger partial charge in [0.05, 0.1) is 11.5 Å². The van der Waals surface area contributed by atoms with E-state index >= 15 is 0 Å². The van der Waals surface area contributed by atoms with Gasteiger partial charge >= 0.3 is 5.97 Å². The predicted molar refractivity (Wildman–Crippen MR) is 75.3 cm³/mol. The van der Waals surface area contributed by atoms with E-state index in [2.05, 4.69) is 0 Å². The van der Waals surface area contributed by atoms with Gasteiger partial charge in [-0.15, -0.1) is 11.3 Å². The minimum Gasteiger partial charge on any atom is -0.466 e. The van der Waals surface area contributed by atoms with Gasteiger partial charge in [0.2, 0.25) is 0 Å². The Balaban J connectivity index is 2.03. The summed E-state index contributed by atoms with van der Waals surface area (Å²) in [4.78, 5) is 24.9. The molecule has 0 amide bonds. The van der Waals surface area contributed by atoms with E-state index in [0.717, 1.165) is 30.6 Å². The minimum absolute atomic E-state index is 0.00296. The zero-order valence-corrected chi connectivity index (χ0v) is 12.1. The molecular weight excluding hydrogens is 260 g/mol. The quantitative estimate of drug-likeness (QED) is 0.610. The van der Waals surface area contributed by atoms with E-state index in [9.17, 15) is 9.59 Å². The van der Waals surface area contributed by atoms with Crippen LogP contribution >= 0.6 is 11.3 Å². The van der Waals surface area contributed by atoms with Crippen molar-refractivity contribution < 1.29 is 14.3 Å². The smallest absolute Gasteiger partial charge is 0.306 e. The number of rotatable bonds is 5. The number of ether oxygens (including phenoxy) is 1. The fraction of sp³-hybridized carbons (Fsp3) is 0.600. The number of thiophene rings is 1. The molecule has 1 fully saturated rings. The average Bonchev–Trinajstić information content (AvgIpc) is 2.93. The fourth-order valence-electron chi connectivity index (χ4n) is 2.83. The van der Waals surface area contributed by atoms with Crippen molar-refractivity contribution in [1.82, 2.24) is 0 Å². The molecule has 2 atom stereocenters. The van der Waals surface area contributed by atoms with Gasteiger partial charge in [0.15, 0.2) is 5.78 Å². The van der Waals surface area contributed by atoms with Crippen LogP contribution in [-0.2, 0) is 9.53 Å². The molecule has 0 aliphatic heterocycles. The van der Waals surface area contributed by atoms with Gasteiger partial charge in [-0.3, -0.25) is 9.59 Å². The Hall–Kier alpha value is -1.16. The molecule has 0 radical (unpaired) electrons. The molecule has 2 rings (SSSR count). The number of Topliss-reactive ketones (excluding diaryl/α,β-unsaturated/α-hetero) is 1. The summed E-state index contributed by atoms with van der Waals surface area (Å²) in [7, 11) is 0. The largest absolute Gasteiger partial charge is 0.466 e. The summed E-state index contributed by atoms with van der Waals surface area (Å²) in [5.74, 6) is 0.196. The zero-order valence-electron chi connectivity index (χ0n) is 11.3. The third-order valence-electron chi connectivity index (χ3n) is 3.74. The first kappa shape index (κ1) is 14.3. The van der Waals surface area contributed by atoms with Gasteiger partial charge in [0.25, 0.3) is 0 Å². The highest BCUT2D eigenvalue weighted by atomic mass is 32.1. The SMILES string of the molecule is CCOC(=O)C[C@H]1CCCC[C@@H]1C(=O)c1cccs1. The van der Waals surface area contributed by atoms with Crippen molar-refractivity contribution in [3.63, 3.8) is 0 Å². The van der Waals surface area contributed by atoms with Crippen molar-refractivity contribution in [3.8, 4) is 0 Å². The summed E-state index contributed by atoms with van der Waals surface area (Å²) in [5, 5.41) is 1.93. The molecule has 19 heavy (non-hydrogen) atoms. The third kappa shape index (κ3) is 3.66. The monoisotopic (exact) mass is 280 g/mol. The van der Waals surface area contributed by atoms with Crippen molar-refractivity contribution in [2.75, 3.05) is 6.61 Å². The summed E-state index contributed by atoms with van der Waals surface area (Å²) in [6.07, 6.45) is 4.44. The highest BCUT2D eigenvalue weighted by Gasteiger charge is 2.33. The van der Waals surface area contributed by atoms with Gasteiger partial charge in [-0.2, -0.15) is 0 Å². The Kier molecular flexibility index (Phi) is 5.14. The first-order chi connectivity index (χ1) is 9.22. The maximum atomic E-state index is 12.5. The van der Waals surface area contributed by atoms with Crippen molar-refractivity contribution in [2.24, 2.45) is 11.8 Å². The Labute approximate surface area is 118 Å². The summed E-state index contributed by atoms with van der Waals surface area (Å²) in [6, 6.07) is 3.78. The van der Waals surface area contributed by atoms with Crippen LogP contribution in [0.25, 0.3) is 0 Å². The van der Waals surface area contributed by atoms with Crippen LogP contribution in [0.1, 0.15) is 48.7 Å². The van der Waals surface area contributed by atoms with Crippen LogP contribution in [0, 0.1) is 11.8 Å². The van der Waals surface area contributed by atoms with E-state index in [4.69, 9.17) is 4.74 Å². The molecule has 104 valence electrons. The van der Waals surface area contributed by atoms with Crippen LogP contribution in [-0.4, -0.2) is 18.4 Å². The number of hydrogen-bond donors (Lipinski definition) is 0. The molecule has 0 saturated heterocycles. The summed E-state index contributed by atoms with van der Waals surface area (Å²) < 4.78 is 5.02. The van der Waals surface area contributed by atoms with Gasteiger partial charge < -0.3 is 4.74 Å². The summed E-state index contributed by atoms with van der Waals surface area (Å²) in [6.45, 7) is 2.22. The lowest BCUT2D eigenvalue weighted by molar-refractivity contribution is -0.144. The molecule has 0 N–H and O–H groups in total. The molecule has 1 saturated carbocycles. The number of ketones is 1. The Morgan fingerprint density at radius 1 is 1.37 bits per heavy atom. The first-order valence-corrected chi connectivity index (χ1v) is 7.83. The van der Waals surface area contributed by atoms with Gasteiger partial charge in [-0.05, 0) is 37.1 Å². The van der Waals surface area contributed by atoms with E-state index in [1.54, 1.807) is 0 Å². The molecule has 1 aromatic rings. The van der Waals surface area contributed by atoms with E-state index in [0.29, 0.717) is 13.0 Å². The van der Waals surface area contributed by atoms with Gasteiger partial charge in [-0.1, -0.05) is 18.9 Å². The van der Waals surface area contributed by atoms with Crippen molar-refractivity contribution in [3.05, 3.63) is 22.4 Å². The lowest BCUT2D eigenvalue weighted by Crippen LogP contribution is -2.29. The van der Waals surface area contributed by atoms with Crippen LogP contribution in [0.2, 0.25) is 0 Å². The Morgan fingerprint density at radius 3 is 2.84 bits per heavy atom. The second-order valence-electron chi connectivity index (χ2n) is 5.00. The molecule has 0 unspecified atom stereocenters. The molecule has 1 aliphatic rings. The Bertz CT molecular complexity index is 425. The highest BCUT2D eigenvalue weighted by Crippen LogP contribution is 2.35. The molecule has 1 aliphatic carbocycles. The first-order valence-electron chi connectivity index (χ1n) is 6.95. The molecule has 4 heteroatoms. The van der Waals surface area contributed by atoms with Gasteiger partial charge in [0.1, 0.15) is 0 Å². The lowest BCUT2D eigenvalue weighted by atomic mass is 9.75. The summed E-state index contributed by atoms with van der Waals surface area (Å²) >= 11 is 1.49. The number of carbonyl (C=O) groups excluding carboxylic acids is 2. The molecule has 1 aromatic heterocycles. The molecule has 0 bridgehead atoms. The van der Waals surface area contributed by atoms with E-state index in [1.807, 2.05) is 24.4 Å². The lowest BCUT2D eigenvalue weighted by Gasteiger charge is -2.29. The van der Waals surface area contributed by atoms with Crippen molar-refractivity contribution in [1.29, 1.82) is 0 Å². The molecular formula is C15H20O3S. The summed E-state index contributed by atoms with van der Waals surface area (Å²) in [5.41, 5.74) is 0. The maximum absolute atomic E-state index is 12.5. The molecule has 0 aromatic carbocycles. The predicted octanol–water partition coefficient (Wildman–Crippen LogP) is 3.69. The van der Waals surface area contributed by atoms with Gasteiger partial charge in [-0.25, -0.2) is 0 Å². The topological polar surface area (TPSA) is 43.4 Å². The average molecular weight is 280 g/mol. The second-order valence-corrected chi connectivity index (χ2v) is 5.95. The van der Waals surface area contributed by atoms with Crippen LogP contribution in [0.15, 0.2) is 17.5 Å². The zero-order chi connectivity index (χ0) is 13.7. The third-order valence-corrected chi connectivity index (χ3v) is 4.63. The fourth-order valence-corrected chi connectivity index (χ4v) is 3.56. The Morgan fingerprint density at radius 2 is 2.16 bits per heavy atom. The normalized spacial score (nSPS) is 23.0. The second kappa shape index (κ2) is 6.85. The van der Waals surface area contributed by atoms with Crippen molar-refractivity contribution >= 4 is 23.1 Å². The highest BCUT2D eigenvalue weighted by molar-refractivity contribution is 7.12. The number of carbonyl (C=O) groups is 2. The minimum atomic E-state index is -0.168. The molecule has 0 spiro atoms. The van der Waals surface area contributed by atoms with Crippen molar-refractivity contribution in [2.45, 2.75) is 39.0 Å². The maximum Gasteiger partial charge on any atom is 0.306 e. The molecule has 1 heterocycles. The standard InChI is InChI=1S/C15H20O3S/c1-2-18-14(16)10-11-6-3-4-7-12(11)15(17)13-8-5-9-19-13/h5,8-9,11-12H,2-4,6-7,10H2,1H3/t11-,12+/m1/s1. The van der Waals surface area contributed by atoms with E-state index in [-0.39, 0.29) is 23.6 Å². The van der Waals surface area contributed by atoms with E-state index < -0.39 is 0 Å². The molecule has 3 nitrogen and oxygen atoms in total. The van der Waals surface area contributed by atoms with Crippen LogP contribution < -0.4 is 0 Å². The number of hydrogen-bond acceptors (Lipinski definition) is 4. The number of esters is 1. The van der Waals surface area contributed by atoms with E-state index in [1.165, 1.54) is 11.3 Å². The van der Waals surface area contributed by atoms with Crippen LogP contribution in [0.4, 0.5) is 0 Å².